The third-order valence-corrected chi connectivity index (χ3v) is 3.01. The molecule has 0 aromatic carbocycles. The Kier molecular flexibility index (Phi) is 11.8. The predicted molar refractivity (Wildman–Crippen MR) is 88.3 cm³/mol. The second-order valence-electron chi connectivity index (χ2n) is 5.75. The van der Waals surface area contributed by atoms with E-state index in [1.807, 2.05) is 20.8 Å². The Morgan fingerprint density at radius 3 is 2.40 bits per heavy atom. The van der Waals surface area contributed by atoms with E-state index in [1.54, 1.807) is 12.0 Å². The number of rotatable bonds is 3. The Labute approximate surface area is 131 Å². The van der Waals surface area contributed by atoms with Crippen LogP contribution in [0.5, 0.6) is 0 Å². The number of hydrogen-bond acceptors (Lipinski definition) is 3. The molecule has 1 saturated heterocycles. The van der Waals surface area contributed by atoms with Crippen molar-refractivity contribution >= 4 is 25.8 Å². The summed E-state index contributed by atoms with van der Waals surface area (Å²) < 4.78 is 4.94. The molecule has 1 unspecified atom stereocenters. The van der Waals surface area contributed by atoms with Crippen LogP contribution in [0.25, 0.3) is 0 Å². The van der Waals surface area contributed by atoms with Crippen LogP contribution < -0.4 is 5.32 Å². The molecule has 20 heavy (non-hydrogen) atoms. The third-order valence-electron chi connectivity index (χ3n) is 3.01. The number of carbonyl (C=O) groups excluding carboxylic acids is 2. The van der Waals surface area contributed by atoms with Crippen LogP contribution in [-0.2, 0) is 14.3 Å². The Morgan fingerprint density at radius 1 is 1.45 bits per heavy atom. The molecule has 1 fully saturated rings. The van der Waals surface area contributed by atoms with E-state index < -0.39 is 0 Å². The molecule has 6 heteroatoms. The summed E-state index contributed by atoms with van der Waals surface area (Å²) in [5, 5.41) is 2.74. The highest BCUT2D eigenvalue weighted by Gasteiger charge is 2.20. The van der Waals surface area contributed by atoms with Gasteiger partial charge < -0.3 is 15.0 Å². The molecular weight excluding hydrogens is 276 g/mol. The van der Waals surface area contributed by atoms with Crippen molar-refractivity contribution in [1.29, 1.82) is 0 Å². The number of piperidine rings is 1. The Hall–Kier alpha value is -0.750. The van der Waals surface area contributed by atoms with E-state index in [4.69, 9.17) is 4.74 Å². The zero-order chi connectivity index (χ0) is 14.9. The standard InChI is InChI=1S/C9H16N2O2.C5H12O.H2S.H2/c1-8(13)10-6-9-4-2-3-5-11(9)7-12;1-5(2,3)6-4;;/h7,9H,2-6H2,1H3,(H,10,13);1-4H3;1H2;1H. The molecule has 1 N–H and O–H groups in total. The molecule has 0 aromatic heterocycles. The molecule has 1 heterocycles. The average molecular weight is 308 g/mol. The lowest BCUT2D eigenvalue weighted by atomic mass is 10.0. The topological polar surface area (TPSA) is 58.6 Å². The molecule has 5 nitrogen and oxygen atoms in total. The second kappa shape index (κ2) is 11.0. The zero-order valence-corrected chi connectivity index (χ0v) is 14.4. The SMILES string of the molecule is CC(=O)NCC1CCCCN1C=O.COC(C)(C)C.S.[HH]. The number of ether oxygens (including phenoxy) is 1. The monoisotopic (exact) mass is 308 g/mol. The number of hydrogen-bond donors (Lipinski definition) is 1. The number of methoxy groups -OCH3 is 1. The molecular formula is C14H32N2O3S. The maximum absolute atomic E-state index is 10.7. The van der Waals surface area contributed by atoms with Crippen LogP contribution in [0, 0.1) is 0 Å². The Morgan fingerprint density at radius 2 is 2.00 bits per heavy atom. The van der Waals surface area contributed by atoms with E-state index in [1.165, 1.54) is 6.92 Å². The first-order chi connectivity index (χ1) is 8.80. The first-order valence-corrected chi connectivity index (χ1v) is 6.80. The maximum Gasteiger partial charge on any atom is 0.216 e. The van der Waals surface area contributed by atoms with Gasteiger partial charge in [-0.1, -0.05) is 0 Å². The molecule has 2 amide bonds. The number of nitrogens with one attached hydrogen (secondary N) is 1. The fourth-order valence-electron chi connectivity index (χ4n) is 1.64. The quantitative estimate of drug-likeness (QED) is 0.810. The fraction of sp³-hybridized carbons (Fsp3) is 0.857. The Bertz CT molecular complexity index is 286. The van der Waals surface area contributed by atoms with Gasteiger partial charge in [-0.2, -0.15) is 13.5 Å². The first-order valence-electron chi connectivity index (χ1n) is 6.80. The van der Waals surface area contributed by atoms with Crippen LogP contribution in [-0.4, -0.2) is 49.1 Å². The van der Waals surface area contributed by atoms with Gasteiger partial charge in [-0.15, -0.1) is 0 Å². The molecule has 1 aliphatic heterocycles. The van der Waals surface area contributed by atoms with Crippen LogP contribution in [0.15, 0.2) is 0 Å². The number of amides is 2. The van der Waals surface area contributed by atoms with Gasteiger partial charge in [0.2, 0.25) is 12.3 Å². The van der Waals surface area contributed by atoms with Gasteiger partial charge in [-0.3, -0.25) is 9.59 Å². The van der Waals surface area contributed by atoms with Gasteiger partial charge in [0.25, 0.3) is 0 Å². The minimum Gasteiger partial charge on any atom is -0.379 e. The van der Waals surface area contributed by atoms with Crippen molar-refractivity contribution in [3.05, 3.63) is 0 Å². The third kappa shape index (κ3) is 11.1. The number of carbonyl (C=O) groups is 2. The van der Waals surface area contributed by atoms with Crippen molar-refractivity contribution < 1.29 is 15.8 Å². The highest BCUT2D eigenvalue weighted by Crippen LogP contribution is 2.14. The van der Waals surface area contributed by atoms with Crippen molar-refractivity contribution in [2.75, 3.05) is 20.2 Å². The van der Waals surface area contributed by atoms with Crippen LogP contribution in [0.3, 0.4) is 0 Å². The van der Waals surface area contributed by atoms with Crippen LogP contribution >= 0.6 is 13.5 Å². The summed E-state index contributed by atoms with van der Waals surface area (Å²) >= 11 is 0. The summed E-state index contributed by atoms with van der Waals surface area (Å²) in [7, 11) is 1.71. The summed E-state index contributed by atoms with van der Waals surface area (Å²) in [5.41, 5.74) is 0.0417. The summed E-state index contributed by atoms with van der Waals surface area (Å²) in [5.74, 6) is -0.0311. The molecule has 1 aliphatic rings. The Balaban J connectivity index is -0.000000352. The minimum absolute atomic E-state index is 0. The maximum atomic E-state index is 10.7. The highest BCUT2D eigenvalue weighted by molar-refractivity contribution is 7.59. The molecule has 1 atom stereocenters. The molecule has 0 aliphatic carbocycles. The van der Waals surface area contributed by atoms with E-state index in [-0.39, 0.29) is 32.5 Å². The summed E-state index contributed by atoms with van der Waals surface area (Å²) in [4.78, 5) is 23.1. The molecule has 0 radical (unpaired) electrons. The van der Waals surface area contributed by atoms with Crippen LogP contribution in [0.2, 0.25) is 0 Å². The number of nitrogens with zero attached hydrogens (tertiary/aromatic N) is 1. The lowest BCUT2D eigenvalue weighted by molar-refractivity contribution is -0.123. The number of likely N-dealkylation sites (tertiary alicyclic amines) is 1. The molecule has 0 bridgehead atoms. The van der Waals surface area contributed by atoms with Gasteiger partial charge in [0.1, 0.15) is 0 Å². The van der Waals surface area contributed by atoms with E-state index in [0.717, 1.165) is 32.2 Å². The predicted octanol–water partition coefficient (Wildman–Crippen LogP) is 1.92. The highest BCUT2D eigenvalue weighted by atomic mass is 32.1. The van der Waals surface area contributed by atoms with Gasteiger partial charge >= 0.3 is 0 Å². The molecule has 122 valence electrons. The summed E-state index contributed by atoms with van der Waals surface area (Å²) in [6.45, 7) is 8.98. The molecule has 0 saturated carbocycles. The van der Waals surface area contributed by atoms with Gasteiger partial charge in [0.05, 0.1) is 5.60 Å². The van der Waals surface area contributed by atoms with Gasteiger partial charge in [-0.05, 0) is 40.0 Å². The summed E-state index contributed by atoms with van der Waals surface area (Å²) in [6, 6.07) is 0.204. The van der Waals surface area contributed by atoms with Crippen molar-refractivity contribution in [2.45, 2.75) is 58.6 Å². The normalized spacial score (nSPS) is 18.2. The minimum atomic E-state index is -0.0311. The van der Waals surface area contributed by atoms with Crippen molar-refractivity contribution in [3.8, 4) is 0 Å². The molecule has 0 spiro atoms. The fourth-order valence-corrected chi connectivity index (χ4v) is 1.64. The lowest BCUT2D eigenvalue weighted by Gasteiger charge is -2.32. The van der Waals surface area contributed by atoms with Crippen molar-refractivity contribution in [3.63, 3.8) is 0 Å². The van der Waals surface area contributed by atoms with Gasteiger partial charge in [0, 0.05) is 34.6 Å². The molecule has 1 rings (SSSR count). The second-order valence-corrected chi connectivity index (χ2v) is 5.75. The van der Waals surface area contributed by atoms with Crippen molar-refractivity contribution in [2.24, 2.45) is 0 Å². The van der Waals surface area contributed by atoms with E-state index >= 15 is 0 Å². The first kappa shape index (κ1) is 21.5. The average Bonchev–Trinajstić information content (AvgIpc) is 2.36. The van der Waals surface area contributed by atoms with Gasteiger partial charge in [-0.25, -0.2) is 0 Å². The van der Waals surface area contributed by atoms with Crippen LogP contribution in [0.1, 0.15) is 48.4 Å². The smallest absolute Gasteiger partial charge is 0.216 e. The lowest BCUT2D eigenvalue weighted by Crippen LogP contribution is -2.45. The zero-order valence-electron chi connectivity index (χ0n) is 13.4. The largest absolute Gasteiger partial charge is 0.379 e. The van der Waals surface area contributed by atoms with E-state index in [2.05, 4.69) is 5.32 Å². The van der Waals surface area contributed by atoms with Crippen molar-refractivity contribution in [1.82, 2.24) is 10.2 Å². The summed E-state index contributed by atoms with van der Waals surface area (Å²) in [6.07, 6.45) is 4.11. The van der Waals surface area contributed by atoms with Gasteiger partial charge in [0.15, 0.2) is 0 Å². The van der Waals surface area contributed by atoms with Crippen LogP contribution in [0.4, 0.5) is 0 Å². The van der Waals surface area contributed by atoms with E-state index in [9.17, 15) is 9.59 Å². The molecule has 0 aromatic rings. The van der Waals surface area contributed by atoms with E-state index in [0.29, 0.717) is 6.54 Å².